The van der Waals surface area contributed by atoms with Crippen molar-refractivity contribution in [2.45, 2.75) is 67.9 Å². The number of thioether (sulfide) groups is 1. The lowest BCUT2D eigenvalue weighted by molar-refractivity contribution is 0.177. The predicted molar refractivity (Wildman–Crippen MR) is 79.6 cm³/mol. The Hall–Kier alpha value is 0.270. The van der Waals surface area contributed by atoms with Crippen molar-refractivity contribution in [1.29, 1.82) is 0 Å². The molecule has 0 aromatic heterocycles. The molecule has 6 unspecified atom stereocenters. The van der Waals surface area contributed by atoms with Crippen LogP contribution in [0.15, 0.2) is 0 Å². The molecule has 3 rings (SSSR count). The summed E-state index contributed by atoms with van der Waals surface area (Å²) in [5.74, 6) is 2.77. The van der Waals surface area contributed by atoms with Gasteiger partial charge in [-0.3, -0.25) is 0 Å². The average Bonchev–Trinajstić information content (AvgIpc) is 2.77. The van der Waals surface area contributed by atoms with Crippen LogP contribution in [0.25, 0.3) is 0 Å². The summed E-state index contributed by atoms with van der Waals surface area (Å²) in [6.07, 6.45) is 11.2. The van der Waals surface area contributed by atoms with Crippen molar-refractivity contribution in [2.24, 2.45) is 29.2 Å². The van der Waals surface area contributed by atoms with Crippen LogP contribution in [0, 0.1) is 17.8 Å². The van der Waals surface area contributed by atoms with Crippen LogP contribution in [0.2, 0.25) is 0 Å². The van der Waals surface area contributed by atoms with E-state index in [1.54, 1.807) is 0 Å². The van der Waals surface area contributed by atoms with Gasteiger partial charge in [-0.1, -0.05) is 19.3 Å². The Kier molecular flexibility index (Phi) is 4.21. The second kappa shape index (κ2) is 5.72. The first-order chi connectivity index (χ1) is 8.81. The first-order valence-electron chi connectivity index (χ1n) is 7.92. The van der Waals surface area contributed by atoms with Crippen LogP contribution in [-0.4, -0.2) is 23.1 Å². The summed E-state index contributed by atoms with van der Waals surface area (Å²) in [7, 11) is 0. The Labute approximate surface area is 116 Å². The molecule has 3 fully saturated rings. The molecule has 0 aromatic rings. The zero-order chi connectivity index (χ0) is 12.5. The van der Waals surface area contributed by atoms with Crippen LogP contribution in [0.1, 0.15) is 51.4 Å². The SMILES string of the molecule is NCCC(N)C1CCCC2C3CCCCC3SC12. The molecule has 0 amide bonds. The second-order valence-corrected chi connectivity index (χ2v) is 8.01. The van der Waals surface area contributed by atoms with Gasteiger partial charge in [0.2, 0.25) is 0 Å². The van der Waals surface area contributed by atoms with Gasteiger partial charge >= 0.3 is 0 Å². The quantitative estimate of drug-likeness (QED) is 0.827. The van der Waals surface area contributed by atoms with Crippen LogP contribution < -0.4 is 11.5 Å². The Morgan fingerprint density at radius 2 is 1.78 bits per heavy atom. The minimum absolute atomic E-state index is 0.357. The van der Waals surface area contributed by atoms with Crippen LogP contribution >= 0.6 is 11.8 Å². The molecule has 0 radical (unpaired) electrons. The normalized spacial score (nSPS) is 45.3. The lowest BCUT2D eigenvalue weighted by Crippen LogP contribution is -2.43. The summed E-state index contributed by atoms with van der Waals surface area (Å²) in [4.78, 5) is 0. The van der Waals surface area contributed by atoms with E-state index in [-0.39, 0.29) is 0 Å². The highest BCUT2D eigenvalue weighted by atomic mass is 32.2. The summed E-state index contributed by atoms with van der Waals surface area (Å²) in [5, 5.41) is 1.84. The van der Waals surface area contributed by atoms with E-state index in [0.29, 0.717) is 6.04 Å². The number of rotatable bonds is 3. The highest BCUT2D eigenvalue weighted by Crippen LogP contribution is 2.56. The molecule has 0 bridgehead atoms. The Balaban J connectivity index is 1.71. The van der Waals surface area contributed by atoms with Gasteiger partial charge < -0.3 is 11.5 Å². The summed E-state index contributed by atoms with van der Waals surface area (Å²) in [5.41, 5.74) is 12.1. The van der Waals surface area contributed by atoms with Gasteiger partial charge in [0, 0.05) is 16.5 Å². The molecule has 6 atom stereocenters. The third kappa shape index (κ3) is 2.34. The Morgan fingerprint density at radius 3 is 2.61 bits per heavy atom. The van der Waals surface area contributed by atoms with E-state index >= 15 is 0 Å². The molecular formula is C15H28N2S. The van der Waals surface area contributed by atoms with Crippen molar-refractivity contribution in [1.82, 2.24) is 0 Å². The molecule has 3 aliphatic rings. The molecule has 0 spiro atoms. The Bertz CT molecular complexity index is 284. The number of fused-ring (bicyclic) bond motifs is 3. The van der Waals surface area contributed by atoms with Crippen molar-refractivity contribution < 1.29 is 0 Å². The lowest BCUT2D eigenvalue weighted by atomic mass is 9.68. The smallest absolute Gasteiger partial charge is 0.0124 e. The topological polar surface area (TPSA) is 52.0 Å². The molecule has 2 aliphatic carbocycles. The fourth-order valence-electron chi connectivity index (χ4n) is 4.75. The maximum Gasteiger partial charge on any atom is 0.0124 e. The van der Waals surface area contributed by atoms with E-state index in [1.807, 2.05) is 0 Å². The van der Waals surface area contributed by atoms with Gasteiger partial charge in [0.1, 0.15) is 0 Å². The van der Waals surface area contributed by atoms with Crippen LogP contribution in [0.3, 0.4) is 0 Å². The number of hydrogen-bond acceptors (Lipinski definition) is 3. The van der Waals surface area contributed by atoms with E-state index in [2.05, 4.69) is 11.8 Å². The van der Waals surface area contributed by atoms with Gasteiger partial charge in [-0.15, -0.1) is 0 Å². The van der Waals surface area contributed by atoms with Gasteiger partial charge in [0.25, 0.3) is 0 Å². The van der Waals surface area contributed by atoms with Gasteiger partial charge in [0.15, 0.2) is 0 Å². The summed E-state index contributed by atoms with van der Waals surface area (Å²) in [6, 6.07) is 0.357. The minimum atomic E-state index is 0.357. The largest absolute Gasteiger partial charge is 0.330 e. The molecule has 1 heterocycles. The highest BCUT2D eigenvalue weighted by molar-refractivity contribution is 8.00. The van der Waals surface area contributed by atoms with Gasteiger partial charge in [-0.25, -0.2) is 0 Å². The predicted octanol–water partition coefficient (Wildman–Crippen LogP) is 2.75. The second-order valence-electron chi connectivity index (χ2n) is 6.59. The Morgan fingerprint density at radius 1 is 1.00 bits per heavy atom. The van der Waals surface area contributed by atoms with Crippen molar-refractivity contribution in [3.8, 4) is 0 Å². The molecule has 2 nitrogen and oxygen atoms in total. The maximum atomic E-state index is 6.41. The van der Waals surface area contributed by atoms with Gasteiger partial charge in [-0.2, -0.15) is 11.8 Å². The molecule has 104 valence electrons. The monoisotopic (exact) mass is 268 g/mol. The van der Waals surface area contributed by atoms with E-state index in [0.717, 1.165) is 41.2 Å². The van der Waals surface area contributed by atoms with Crippen LogP contribution in [-0.2, 0) is 0 Å². The van der Waals surface area contributed by atoms with E-state index in [4.69, 9.17) is 11.5 Å². The highest BCUT2D eigenvalue weighted by Gasteiger charge is 2.49. The molecular weight excluding hydrogens is 240 g/mol. The van der Waals surface area contributed by atoms with E-state index < -0.39 is 0 Å². The first-order valence-corrected chi connectivity index (χ1v) is 8.86. The van der Waals surface area contributed by atoms with E-state index in [1.165, 1.54) is 44.9 Å². The zero-order valence-electron chi connectivity index (χ0n) is 11.4. The summed E-state index contributed by atoms with van der Waals surface area (Å²) in [6.45, 7) is 0.757. The van der Waals surface area contributed by atoms with Crippen molar-refractivity contribution in [3.63, 3.8) is 0 Å². The molecule has 1 saturated heterocycles. The fourth-order valence-corrected chi connectivity index (χ4v) is 7.07. The average molecular weight is 268 g/mol. The number of nitrogens with two attached hydrogens (primary N) is 2. The zero-order valence-corrected chi connectivity index (χ0v) is 12.2. The molecule has 3 heteroatoms. The maximum absolute atomic E-state index is 6.41. The fraction of sp³-hybridized carbons (Fsp3) is 1.00. The minimum Gasteiger partial charge on any atom is -0.330 e. The lowest BCUT2D eigenvalue weighted by Gasteiger charge is -2.38. The molecule has 2 saturated carbocycles. The number of hydrogen-bond donors (Lipinski definition) is 2. The van der Waals surface area contributed by atoms with Crippen LogP contribution in [0.5, 0.6) is 0 Å². The molecule has 0 aromatic carbocycles. The third-order valence-corrected chi connectivity index (χ3v) is 7.55. The van der Waals surface area contributed by atoms with Gasteiger partial charge in [0.05, 0.1) is 0 Å². The van der Waals surface area contributed by atoms with Crippen molar-refractivity contribution in [2.75, 3.05) is 6.54 Å². The molecule has 4 N–H and O–H groups in total. The van der Waals surface area contributed by atoms with Crippen LogP contribution in [0.4, 0.5) is 0 Å². The van der Waals surface area contributed by atoms with E-state index in [9.17, 15) is 0 Å². The summed E-state index contributed by atoms with van der Waals surface area (Å²) < 4.78 is 0. The van der Waals surface area contributed by atoms with Gasteiger partial charge in [-0.05, 0) is 56.4 Å². The van der Waals surface area contributed by atoms with Crippen molar-refractivity contribution in [3.05, 3.63) is 0 Å². The first kappa shape index (κ1) is 13.3. The van der Waals surface area contributed by atoms with Crippen molar-refractivity contribution >= 4 is 11.8 Å². The molecule has 1 aliphatic heterocycles. The third-order valence-electron chi connectivity index (χ3n) is 5.60. The summed E-state index contributed by atoms with van der Waals surface area (Å²) >= 11 is 2.32. The standard InChI is InChI=1S/C15H28N2S/c16-9-8-13(17)12-6-3-5-11-10-4-1-2-7-14(10)18-15(11)12/h10-15H,1-9,16-17H2. The molecule has 18 heavy (non-hydrogen) atoms.